The maximum Gasteiger partial charge on any atom is 0.208 e. The molecule has 1 heterocycles. The highest BCUT2D eigenvalue weighted by atomic mass is 35.5. The highest BCUT2D eigenvalue weighted by Gasteiger charge is 2.19. The number of methoxy groups -OCH3 is 1. The van der Waals surface area contributed by atoms with Crippen molar-refractivity contribution < 1.29 is 9.15 Å². The largest absolute Gasteiger partial charge is 0.495 e. The number of benzene rings is 3. The molecule has 3 nitrogen and oxygen atoms in total. The van der Waals surface area contributed by atoms with E-state index < -0.39 is 0 Å². The SMILES string of the molecule is COc1ccc(Cl)cc1N(C)c1occ2cccc(-c3ccccc3)c12. The molecule has 0 spiro atoms. The lowest BCUT2D eigenvalue weighted by atomic mass is 10.0. The number of anilines is 2. The Hall–Kier alpha value is -2.91. The smallest absolute Gasteiger partial charge is 0.208 e. The van der Waals surface area contributed by atoms with Gasteiger partial charge in [0.05, 0.1) is 18.2 Å². The molecule has 0 atom stereocenters. The zero-order valence-electron chi connectivity index (χ0n) is 14.6. The second-order valence-corrected chi connectivity index (χ2v) is 6.49. The lowest BCUT2D eigenvalue weighted by molar-refractivity contribution is 0.415. The van der Waals surface area contributed by atoms with Crippen LogP contribution in [0.4, 0.5) is 11.6 Å². The van der Waals surface area contributed by atoms with Gasteiger partial charge in [0.2, 0.25) is 5.88 Å². The van der Waals surface area contributed by atoms with Gasteiger partial charge in [-0.05, 0) is 29.3 Å². The molecule has 0 N–H and O–H groups in total. The predicted octanol–water partition coefficient (Wildman–Crippen LogP) is 6.53. The first kappa shape index (κ1) is 16.6. The Morgan fingerprint density at radius 1 is 0.962 bits per heavy atom. The minimum absolute atomic E-state index is 0.645. The number of fused-ring (bicyclic) bond motifs is 1. The first-order chi connectivity index (χ1) is 12.7. The lowest BCUT2D eigenvalue weighted by Crippen LogP contribution is -2.10. The second kappa shape index (κ2) is 6.77. The summed E-state index contributed by atoms with van der Waals surface area (Å²) in [6.45, 7) is 0. The summed E-state index contributed by atoms with van der Waals surface area (Å²) >= 11 is 6.21. The highest BCUT2D eigenvalue weighted by molar-refractivity contribution is 6.31. The van der Waals surface area contributed by atoms with Gasteiger partial charge in [0.1, 0.15) is 12.0 Å². The molecule has 1 aromatic heterocycles. The molecule has 0 saturated heterocycles. The fourth-order valence-electron chi connectivity index (χ4n) is 3.22. The van der Waals surface area contributed by atoms with Crippen molar-refractivity contribution in [2.24, 2.45) is 0 Å². The fourth-order valence-corrected chi connectivity index (χ4v) is 3.39. The van der Waals surface area contributed by atoms with Crippen LogP contribution in [0, 0.1) is 0 Å². The molecule has 0 amide bonds. The maximum atomic E-state index is 6.21. The Morgan fingerprint density at radius 3 is 2.54 bits per heavy atom. The Bertz CT molecular complexity index is 1060. The molecular formula is C22H18ClNO2. The van der Waals surface area contributed by atoms with E-state index in [-0.39, 0.29) is 0 Å². The van der Waals surface area contributed by atoms with Crippen molar-refractivity contribution in [2.45, 2.75) is 0 Å². The van der Waals surface area contributed by atoms with Crippen LogP contribution in [0.25, 0.3) is 21.9 Å². The molecule has 0 aliphatic heterocycles. The Morgan fingerprint density at radius 2 is 1.77 bits per heavy atom. The van der Waals surface area contributed by atoms with E-state index in [0.717, 1.165) is 39.2 Å². The molecule has 0 radical (unpaired) electrons. The van der Waals surface area contributed by atoms with Crippen LogP contribution in [0.3, 0.4) is 0 Å². The molecule has 4 aromatic rings. The van der Waals surface area contributed by atoms with Gasteiger partial charge < -0.3 is 14.1 Å². The number of hydrogen-bond acceptors (Lipinski definition) is 3. The molecule has 0 aliphatic rings. The Balaban J connectivity index is 1.92. The van der Waals surface area contributed by atoms with Crippen LogP contribution in [0.2, 0.25) is 5.02 Å². The van der Waals surface area contributed by atoms with Crippen LogP contribution in [-0.4, -0.2) is 14.2 Å². The zero-order chi connectivity index (χ0) is 18.1. The van der Waals surface area contributed by atoms with Gasteiger partial charge >= 0.3 is 0 Å². The van der Waals surface area contributed by atoms with Gasteiger partial charge in [-0.2, -0.15) is 0 Å². The molecule has 130 valence electrons. The van der Waals surface area contributed by atoms with Crippen molar-refractivity contribution in [1.29, 1.82) is 0 Å². The van der Waals surface area contributed by atoms with Crippen molar-refractivity contribution in [3.8, 4) is 16.9 Å². The molecule has 4 rings (SSSR count). The van der Waals surface area contributed by atoms with E-state index in [1.165, 1.54) is 0 Å². The quantitative estimate of drug-likeness (QED) is 0.412. The topological polar surface area (TPSA) is 25.6 Å². The first-order valence-electron chi connectivity index (χ1n) is 8.32. The van der Waals surface area contributed by atoms with Crippen molar-refractivity contribution >= 4 is 33.9 Å². The summed E-state index contributed by atoms with van der Waals surface area (Å²) in [5.41, 5.74) is 3.12. The average molecular weight is 364 g/mol. The highest BCUT2D eigenvalue weighted by Crippen LogP contribution is 2.42. The van der Waals surface area contributed by atoms with Crippen molar-refractivity contribution in [3.63, 3.8) is 0 Å². The number of ether oxygens (including phenoxy) is 1. The fraction of sp³-hybridized carbons (Fsp3) is 0.0909. The molecular weight excluding hydrogens is 346 g/mol. The van der Waals surface area contributed by atoms with E-state index in [9.17, 15) is 0 Å². The van der Waals surface area contributed by atoms with Crippen LogP contribution >= 0.6 is 11.6 Å². The summed E-state index contributed by atoms with van der Waals surface area (Å²) in [5.74, 6) is 1.48. The third-order valence-electron chi connectivity index (χ3n) is 4.50. The summed E-state index contributed by atoms with van der Waals surface area (Å²) < 4.78 is 11.5. The maximum absolute atomic E-state index is 6.21. The standard InChI is InChI=1S/C22H18ClNO2/c1-24(19-13-17(23)11-12-20(19)25-2)22-21-16(14-26-22)9-6-10-18(21)15-7-4-3-5-8-15/h3-14H,1-2H3. The molecule has 0 bridgehead atoms. The van der Waals surface area contributed by atoms with Crippen LogP contribution in [0.15, 0.2) is 77.4 Å². The molecule has 0 saturated carbocycles. The average Bonchev–Trinajstić information content (AvgIpc) is 3.12. The number of nitrogens with zero attached hydrogens (tertiary/aromatic N) is 1. The van der Waals surface area contributed by atoms with E-state index >= 15 is 0 Å². The summed E-state index contributed by atoms with van der Waals surface area (Å²) in [5, 5.41) is 2.75. The monoisotopic (exact) mass is 363 g/mol. The number of furan rings is 1. The second-order valence-electron chi connectivity index (χ2n) is 6.05. The normalized spacial score (nSPS) is 10.9. The van der Waals surface area contributed by atoms with Gasteiger partial charge in [-0.15, -0.1) is 0 Å². The zero-order valence-corrected chi connectivity index (χ0v) is 15.3. The van der Waals surface area contributed by atoms with Crippen molar-refractivity contribution in [1.82, 2.24) is 0 Å². The summed E-state index contributed by atoms with van der Waals surface area (Å²) in [7, 11) is 3.60. The minimum Gasteiger partial charge on any atom is -0.495 e. The van der Waals surface area contributed by atoms with Crippen LogP contribution < -0.4 is 9.64 Å². The van der Waals surface area contributed by atoms with Crippen LogP contribution in [0.1, 0.15) is 0 Å². The van der Waals surface area contributed by atoms with E-state index in [1.807, 2.05) is 54.4 Å². The molecule has 0 fully saturated rings. The van der Waals surface area contributed by atoms with Crippen molar-refractivity contribution in [3.05, 3.63) is 78.0 Å². The molecule has 26 heavy (non-hydrogen) atoms. The van der Waals surface area contributed by atoms with E-state index in [0.29, 0.717) is 5.02 Å². The van der Waals surface area contributed by atoms with Crippen LogP contribution in [0.5, 0.6) is 5.75 Å². The van der Waals surface area contributed by atoms with E-state index in [1.54, 1.807) is 13.4 Å². The molecule has 0 aliphatic carbocycles. The number of hydrogen-bond donors (Lipinski definition) is 0. The third-order valence-corrected chi connectivity index (χ3v) is 4.73. The lowest BCUT2D eigenvalue weighted by Gasteiger charge is -2.20. The number of halogens is 1. The van der Waals surface area contributed by atoms with Gasteiger partial charge in [0, 0.05) is 17.5 Å². The summed E-state index contributed by atoms with van der Waals surface area (Å²) in [6.07, 6.45) is 1.78. The minimum atomic E-state index is 0.645. The predicted molar refractivity (Wildman–Crippen MR) is 108 cm³/mol. The van der Waals surface area contributed by atoms with Gasteiger partial charge in [-0.1, -0.05) is 60.1 Å². The van der Waals surface area contributed by atoms with Gasteiger partial charge in [0.25, 0.3) is 0 Å². The first-order valence-corrected chi connectivity index (χ1v) is 8.69. The summed E-state index contributed by atoms with van der Waals surface area (Å²) in [4.78, 5) is 1.97. The Labute approximate surface area is 157 Å². The van der Waals surface area contributed by atoms with E-state index in [2.05, 4.69) is 24.3 Å². The van der Waals surface area contributed by atoms with Gasteiger partial charge in [-0.25, -0.2) is 0 Å². The molecule has 4 heteroatoms. The summed E-state index contributed by atoms with van der Waals surface area (Å²) in [6, 6.07) is 22.1. The molecule has 0 unspecified atom stereocenters. The Kier molecular flexibility index (Phi) is 4.31. The van der Waals surface area contributed by atoms with E-state index in [4.69, 9.17) is 20.8 Å². The third kappa shape index (κ3) is 2.80. The van der Waals surface area contributed by atoms with Gasteiger partial charge in [0.15, 0.2) is 0 Å². The van der Waals surface area contributed by atoms with Crippen LogP contribution in [-0.2, 0) is 0 Å². The number of rotatable bonds is 4. The van der Waals surface area contributed by atoms with Gasteiger partial charge in [-0.3, -0.25) is 0 Å². The van der Waals surface area contributed by atoms with Crippen molar-refractivity contribution in [2.75, 3.05) is 19.1 Å². The molecule has 3 aromatic carbocycles.